The molecule has 2 amide bonds. The third kappa shape index (κ3) is 5.33. The van der Waals surface area contributed by atoms with Gasteiger partial charge in [-0.3, -0.25) is 0 Å². The van der Waals surface area contributed by atoms with Crippen LogP contribution in [0.15, 0.2) is 41.0 Å². The topological polar surface area (TPSA) is 48.5 Å². The van der Waals surface area contributed by atoms with E-state index in [-0.39, 0.29) is 23.6 Å². The van der Waals surface area contributed by atoms with Gasteiger partial charge in [-0.05, 0) is 37.3 Å². The third-order valence-corrected chi connectivity index (χ3v) is 5.44. The van der Waals surface area contributed by atoms with Crippen LogP contribution in [0.3, 0.4) is 0 Å². The summed E-state index contributed by atoms with van der Waals surface area (Å²) < 4.78 is 39.1. The van der Waals surface area contributed by atoms with Gasteiger partial charge in [0.05, 0.1) is 10.6 Å². The molecule has 1 saturated heterocycles. The molecule has 1 aliphatic heterocycles. The van der Waals surface area contributed by atoms with E-state index in [9.17, 15) is 18.0 Å². The van der Waals surface area contributed by atoms with E-state index in [2.05, 4.69) is 26.2 Å². The number of urea groups is 1. The number of benzene rings is 1. The number of hydrogen-bond acceptors (Lipinski definition) is 3. The maximum atomic E-state index is 13.0. The number of carbonyl (C=O) groups excluding carboxylic acids is 1. The molecule has 5 nitrogen and oxygen atoms in total. The Labute approximate surface area is 181 Å². The Morgan fingerprint density at radius 3 is 2.66 bits per heavy atom. The molecule has 0 spiro atoms. The van der Waals surface area contributed by atoms with Crippen LogP contribution in [0.2, 0.25) is 5.02 Å². The summed E-state index contributed by atoms with van der Waals surface area (Å²) in [6.07, 6.45) is -2.86. The fourth-order valence-electron chi connectivity index (χ4n) is 3.08. The second-order valence-corrected chi connectivity index (χ2v) is 7.68. The molecule has 1 aromatic carbocycles. The van der Waals surface area contributed by atoms with Crippen LogP contribution in [0.25, 0.3) is 0 Å². The monoisotopic (exact) mass is 492 g/mol. The normalized spacial score (nSPS) is 17.0. The lowest BCUT2D eigenvalue weighted by Gasteiger charge is -2.40. The van der Waals surface area contributed by atoms with E-state index in [1.54, 1.807) is 23.2 Å². The first-order valence-electron chi connectivity index (χ1n) is 8.46. The number of piperazine rings is 1. The molecule has 0 radical (unpaired) electrons. The number of hydrogen-bond donors (Lipinski definition) is 1. The minimum atomic E-state index is -4.51. The van der Waals surface area contributed by atoms with Crippen molar-refractivity contribution in [1.82, 2.24) is 9.88 Å². The second kappa shape index (κ2) is 9.21. The van der Waals surface area contributed by atoms with E-state index in [0.29, 0.717) is 30.5 Å². The lowest BCUT2D eigenvalue weighted by atomic mass is 10.2. The number of nitrogens with zero attached hydrogens (tertiary/aromatic N) is 3. The molecule has 1 aliphatic rings. The Kier molecular flexibility index (Phi) is 7.40. The number of pyridine rings is 1. The van der Waals surface area contributed by atoms with Crippen molar-refractivity contribution in [2.24, 2.45) is 0 Å². The summed E-state index contributed by atoms with van der Waals surface area (Å²) in [5.74, 6) is 0.652. The fourth-order valence-corrected chi connectivity index (χ4v) is 3.79. The summed E-state index contributed by atoms with van der Waals surface area (Å²) in [6.45, 7) is 3.29. The average molecular weight is 494 g/mol. The van der Waals surface area contributed by atoms with Gasteiger partial charge in [-0.25, -0.2) is 9.78 Å². The predicted octanol–water partition coefficient (Wildman–Crippen LogP) is 5.90. The number of carbonyl (C=O) groups is 1. The van der Waals surface area contributed by atoms with Crippen molar-refractivity contribution in [3.8, 4) is 0 Å². The molecule has 0 aliphatic carbocycles. The minimum absolute atomic E-state index is 0. The number of alkyl halides is 3. The number of halogens is 5. The highest BCUT2D eigenvalue weighted by Crippen LogP contribution is 2.36. The number of amides is 2. The van der Waals surface area contributed by atoms with Gasteiger partial charge in [0.25, 0.3) is 0 Å². The van der Waals surface area contributed by atoms with Gasteiger partial charge in [0.2, 0.25) is 0 Å². The zero-order chi connectivity index (χ0) is 20.5. The summed E-state index contributed by atoms with van der Waals surface area (Å²) in [5.41, 5.74) is -0.754. The van der Waals surface area contributed by atoms with E-state index in [4.69, 9.17) is 11.6 Å². The molecule has 0 unspecified atom stereocenters. The quantitative estimate of drug-likeness (QED) is 0.567. The smallest absolute Gasteiger partial charge is 0.352 e. The molecule has 10 heteroatoms. The highest BCUT2D eigenvalue weighted by Gasteiger charge is 2.34. The Balaban J connectivity index is 0.00000300. The Hall–Kier alpha value is -2.00. The summed E-state index contributed by atoms with van der Waals surface area (Å²) in [4.78, 5) is 20.4. The lowest BCUT2D eigenvalue weighted by Crippen LogP contribution is -2.55. The van der Waals surface area contributed by atoms with Crippen molar-refractivity contribution in [1.29, 1.82) is 0 Å². The fraction of sp³-hybridized carbons (Fsp3) is 0.368. The van der Waals surface area contributed by atoms with Crippen molar-refractivity contribution in [2.45, 2.75) is 26.6 Å². The highest BCUT2D eigenvalue weighted by molar-refractivity contribution is 9.10. The highest BCUT2D eigenvalue weighted by atomic mass is 79.9. The number of nitrogens with one attached hydrogen (secondary N) is 1. The van der Waals surface area contributed by atoms with Crippen LogP contribution < -0.4 is 10.2 Å². The zero-order valence-corrected chi connectivity index (χ0v) is 17.1. The molecule has 158 valence electrons. The Morgan fingerprint density at radius 1 is 1.31 bits per heavy atom. The first kappa shape index (κ1) is 23.3. The third-order valence-electron chi connectivity index (χ3n) is 4.45. The van der Waals surface area contributed by atoms with Gasteiger partial charge in [-0.15, -0.1) is 0 Å². The standard InChI is InChI=1S/C18H17BrClF3N4O.CH4/c1-11-10-26(16-15(20)3-2-6-24-16)7-8-27(11)17(28)25-12-4-5-14(19)13(9-12)18(21,22)23;/h2-6,9,11H,7-8,10H2,1H3,(H,25,28);1H4/t11-;/m1./s1. The molecule has 0 saturated carbocycles. The predicted molar refractivity (Wildman–Crippen MR) is 113 cm³/mol. The van der Waals surface area contributed by atoms with Gasteiger partial charge < -0.3 is 15.1 Å². The van der Waals surface area contributed by atoms with Gasteiger partial charge in [0.1, 0.15) is 5.82 Å². The maximum Gasteiger partial charge on any atom is 0.417 e. The van der Waals surface area contributed by atoms with E-state index < -0.39 is 17.8 Å². The summed E-state index contributed by atoms with van der Waals surface area (Å²) in [5, 5.41) is 3.08. The summed E-state index contributed by atoms with van der Waals surface area (Å²) >= 11 is 9.07. The Morgan fingerprint density at radius 2 is 2.03 bits per heavy atom. The van der Waals surface area contributed by atoms with Crippen LogP contribution >= 0.6 is 27.5 Å². The SMILES string of the molecule is C.C[C@@H]1CN(c2ncccc2Cl)CCN1C(=O)Nc1ccc(Br)c(C(F)(F)F)c1. The summed E-state index contributed by atoms with van der Waals surface area (Å²) in [6, 6.07) is 6.47. The number of rotatable bonds is 2. The van der Waals surface area contributed by atoms with E-state index in [0.717, 1.165) is 6.07 Å². The van der Waals surface area contributed by atoms with E-state index in [1.807, 2.05) is 11.8 Å². The van der Waals surface area contributed by atoms with Crippen LogP contribution in [0, 0.1) is 0 Å². The summed E-state index contributed by atoms with van der Waals surface area (Å²) in [7, 11) is 0. The van der Waals surface area contributed by atoms with Gasteiger partial charge in [0, 0.05) is 42.0 Å². The molecule has 1 atom stereocenters. The molecule has 2 heterocycles. The zero-order valence-electron chi connectivity index (χ0n) is 14.8. The first-order chi connectivity index (χ1) is 13.2. The maximum absolute atomic E-state index is 13.0. The first-order valence-corrected chi connectivity index (χ1v) is 9.63. The molecule has 1 fully saturated rings. The van der Waals surface area contributed by atoms with E-state index >= 15 is 0 Å². The number of aromatic nitrogens is 1. The van der Waals surface area contributed by atoms with Crippen molar-refractivity contribution in [3.63, 3.8) is 0 Å². The molecule has 1 N–H and O–H groups in total. The van der Waals surface area contributed by atoms with Crippen molar-refractivity contribution >= 4 is 45.1 Å². The molecule has 0 bridgehead atoms. The van der Waals surface area contributed by atoms with Gasteiger partial charge in [-0.1, -0.05) is 35.0 Å². The molecular weight excluding hydrogens is 473 g/mol. The van der Waals surface area contributed by atoms with Crippen molar-refractivity contribution in [2.75, 3.05) is 29.9 Å². The van der Waals surface area contributed by atoms with Crippen LogP contribution in [-0.4, -0.2) is 41.6 Å². The van der Waals surface area contributed by atoms with Crippen LogP contribution in [0.1, 0.15) is 19.9 Å². The number of anilines is 2. The van der Waals surface area contributed by atoms with Gasteiger partial charge in [0.15, 0.2) is 0 Å². The molecular formula is C19H21BrClF3N4O. The van der Waals surface area contributed by atoms with E-state index in [1.165, 1.54) is 12.1 Å². The van der Waals surface area contributed by atoms with Crippen molar-refractivity contribution < 1.29 is 18.0 Å². The molecule has 2 aromatic rings. The molecule has 3 rings (SSSR count). The second-order valence-electron chi connectivity index (χ2n) is 6.42. The minimum Gasteiger partial charge on any atom is -0.352 e. The molecule has 1 aromatic heterocycles. The van der Waals surface area contributed by atoms with Crippen LogP contribution in [0.5, 0.6) is 0 Å². The van der Waals surface area contributed by atoms with Crippen molar-refractivity contribution in [3.05, 3.63) is 51.6 Å². The largest absolute Gasteiger partial charge is 0.417 e. The van der Waals surface area contributed by atoms with Crippen LogP contribution in [0.4, 0.5) is 29.5 Å². The molecule has 29 heavy (non-hydrogen) atoms. The Bertz CT molecular complexity index is 881. The average Bonchev–Trinajstić information content (AvgIpc) is 2.62. The van der Waals surface area contributed by atoms with Gasteiger partial charge in [-0.2, -0.15) is 13.2 Å². The van der Waals surface area contributed by atoms with Crippen LogP contribution in [-0.2, 0) is 6.18 Å². The lowest BCUT2D eigenvalue weighted by molar-refractivity contribution is -0.138. The van der Waals surface area contributed by atoms with Gasteiger partial charge >= 0.3 is 12.2 Å².